The Kier molecular flexibility index (Phi) is 6.87. The van der Waals surface area contributed by atoms with E-state index >= 15 is 0 Å². The number of hydrogen-bond acceptors (Lipinski definition) is 5. The molecule has 2 fully saturated rings. The molecule has 2 N–H and O–H groups in total. The van der Waals surface area contributed by atoms with Crippen LogP contribution in [-0.4, -0.2) is 76.5 Å². The molecule has 0 unspecified atom stereocenters. The maximum Gasteiger partial charge on any atom is 0.219 e. The number of carbonyl (C=O) groups excluding carboxylic acids is 1. The number of ether oxygens (including phenoxy) is 1. The van der Waals surface area contributed by atoms with Crippen LogP contribution in [0.25, 0.3) is 0 Å². The third-order valence-corrected chi connectivity index (χ3v) is 6.14. The van der Waals surface area contributed by atoms with Crippen LogP contribution in [0.1, 0.15) is 50.2 Å². The number of hydrogen-bond donors (Lipinski definition) is 2. The van der Waals surface area contributed by atoms with E-state index in [9.17, 15) is 15.0 Å². The summed E-state index contributed by atoms with van der Waals surface area (Å²) >= 11 is 0. The van der Waals surface area contributed by atoms with Gasteiger partial charge in [0.2, 0.25) is 5.91 Å². The Morgan fingerprint density at radius 3 is 2.28 bits per heavy atom. The lowest BCUT2D eigenvalue weighted by Gasteiger charge is -2.38. The van der Waals surface area contributed by atoms with Gasteiger partial charge in [-0.3, -0.25) is 9.69 Å². The molecule has 1 saturated heterocycles. The minimum Gasteiger partial charge on any atom is -0.490 e. The van der Waals surface area contributed by atoms with E-state index in [4.69, 9.17) is 4.74 Å². The number of rotatable bonds is 5. The second kappa shape index (κ2) is 9.02. The molecule has 0 bridgehead atoms. The van der Waals surface area contributed by atoms with Crippen LogP contribution < -0.4 is 4.74 Å². The Morgan fingerprint density at radius 2 is 1.66 bits per heavy atom. The molecular formula is C23H36N2O4. The summed E-state index contributed by atoms with van der Waals surface area (Å²) in [5.74, 6) is 0.681. The molecule has 1 aromatic rings. The standard InChI is InChI=1S/C23H36N2O4/c1-18-11-19(2)13-21(12-18)29-17-23(28)15-24(9-10-25(16-23)20(3)26)14-22(27)7-5-4-6-8-22/h11-13,27-28H,4-10,14-17H2,1-3H3/t23-/m1/s1. The van der Waals surface area contributed by atoms with E-state index in [1.165, 1.54) is 13.3 Å². The fourth-order valence-electron chi connectivity index (χ4n) is 4.75. The van der Waals surface area contributed by atoms with Gasteiger partial charge < -0.3 is 19.8 Å². The summed E-state index contributed by atoms with van der Waals surface area (Å²) in [6, 6.07) is 5.99. The fraction of sp³-hybridized carbons (Fsp3) is 0.696. The van der Waals surface area contributed by atoms with Crippen molar-refractivity contribution in [1.82, 2.24) is 9.80 Å². The number of β-amino-alcohol motifs (C(OH)–C–C–N with tert-alkyl or cyclic N) is 2. The van der Waals surface area contributed by atoms with Crippen LogP contribution in [0, 0.1) is 13.8 Å². The second-order valence-electron chi connectivity index (χ2n) is 9.27. The molecule has 1 aromatic carbocycles. The lowest BCUT2D eigenvalue weighted by atomic mass is 9.84. The molecule has 0 spiro atoms. The van der Waals surface area contributed by atoms with Crippen molar-refractivity contribution in [2.24, 2.45) is 0 Å². The molecule has 162 valence electrons. The molecule has 1 amide bonds. The van der Waals surface area contributed by atoms with E-state index in [0.717, 1.165) is 42.6 Å². The van der Waals surface area contributed by atoms with Gasteiger partial charge in [0.15, 0.2) is 0 Å². The van der Waals surface area contributed by atoms with Gasteiger partial charge in [-0.15, -0.1) is 0 Å². The summed E-state index contributed by atoms with van der Waals surface area (Å²) in [7, 11) is 0. The highest BCUT2D eigenvalue weighted by Gasteiger charge is 2.40. The van der Waals surface area contributed by atoms with Crippen molar-refractivity contribution < 1.29 is 19.7 Å². The van der Waals surface area contributed by atoms with E-state index < -0.39 is 11.2 Å². The van der Waals surface area contributed by atoms with Crippen molar-refractivity contribution in [3.05, 3.63) is 29.3 Å². The number of amides is 1. The Balaban J connectivity index is 1.72. The molecule has 1 atom stereocenters. The van der Waals surface area contributed by atoms with Gasteiger partial charge in [0.25, 0.3) is 0 Å². The monoisotopic (exact) mass is 404 g/mol. The van der Waals surface area contributed by atoms with E-state index in [2.05, 4.69) is 11.0 Å². The number of nitrogens with zero attached hydrogens (tertiary/aromatic N) is 2. The van der Waals surface area contributed by atoms with Gasteiger partial charge in [0.1, 0.15) is 18.0 Å². The lowest BCUT2D eigenvalue weighted by molar-refractivity contribution is -0.132. The molecule has 0 radical (unpaired) electrons. The van der Waals surface area contributed by atoms with E-state index in [-0.39, 0.29) is 19.1 Å². The molecule has 1 aliphatic heterocycles. The first kappa shape index (κ1) is 22.1. The smallest absolute Gasteiger partial charge is 0.219 e. The Hall–Kier alpha value is -1.63. The van der Waals surface area contributed by atoms with Gasteiger partial charge in [-0.25, -0.2) is 0 Å². The van der Waals surface area contributed by atoms with Crippen molar-refractivity contribution in [2.75, 3.05) is 39.3 Å². The third-order valence-electron chi connectivity index (χ3n) is 6.14. The summed E-state index contributed by atoms with van der Waals surface area (Å²) in [6.45, 7) is 8.03. The van der Waals surface area contributed by atoms with Crippen molar-refractivity contribution in [3.63, 3.8) is 0 Å². The van der Waals surface area contributed by atoms with Crippen LogP contribution in [0.2, 0.25) is 0 Å². The quantitative estimate of drug-likeness (QED) is 0.788. The molecule has 1 heterocycles. The highest BCUT2D eigenvalue weighted by molar-refractivity contribution is 5.73. The normalized spacial score (nSPS) is 25.5. The van der Waals surface area contributed by atoms with E-state index in [1.807, 2.05) is 26.0 Å². The maximum atomic E-state index is 12.1. The predicted octanol–water partition coefficient (Wildman–Crippen LogP) is 2.27. The number of carbonyl (C=O) groups is 1. The van der Waals surface area contributed by atoms with E-state index in [0.29, 0.717) is 26.2 Å². The zero-order chi connectivity index (χ0) is 21.1. The predicted molar refractivity (Wildman–Crippen MR) is 113 cm³/mol. The molecule has 0 aromatic heterocycles. The SMILES string of the molecule is CC(=O)N1CCN(CC2(O)CCCCC2)C[C@](O)(COc2cc(C)cc(C)c2)C1. The first-order chi connectivity index (χ1) is 13.7. The lowest BCUT2D eigenvalue weighted by Crippen LogP contribution is -2.54. The minimum absolute atomic E-state index is 0.0481. The van der Waals surface area contributed by atoms with Gasteiger partial charge >= 0.3 is 0 Å². The summed E-state index contributed by atoms with van der Waals surface area (Å²) in [5.41, 5.74) is 0.336. The van der Waals surface area contributed by atoms with Crippen LogP contribution in [-0.2, 0) is 4.79 Å². The molecule has 29 heavy (non-hydrogen) atoms. The van der Waals surface area contributed by atoms with Gasteiger partial charge in [-0.1, -0.05) is 25.3 Å². The Labute approximate surface area is 174 Å². The highest BCUT2D eigenvalue weighted by atomic mass is 16.5. The Bertz CT molecular complexity index is 697. The van der Waals surface area contributed by atoms with Crippen molar-refractivity contribution in [2.45, 2.75) is 64.1 Å². The molecule has 1 aliphatic carbocycles. The number of benzene rings is 1. The maximum absolute atomic E-state index is 12.1. The zero-order valence-corrected chi connectivity index (χ0v) is 18.1. The average molecular weight is 405 g/mol. The van der Waals surface area contributed by atoms with Crippen LogP contribution >= 0.6 is 0 Å². The second-order valence-corrected chi connectivity index (χ2v) is 9.27. The zero-order valence-electron chi connectivity index (χ0n) is 18.1. The highest BCUT2D eigenvalue weighted by Crippen LogP contribution is 2.30. The fourth-order valence-corrected chi connectivity index (χ4v) is 4.75. The van der Waals surface area contributed by atoms with E-state index in [1.54, 1.807) is 4.90 Å². The molecule has 1 saturated carbocycles. The van der Waals surface area contributed by atoms with Crippen molar-refractivity contribution in [3.8, 4) is 5.75 Å². The van der Waals surface area contributed by atoms with Crippen molar-refractivity contribution in [1.29, 1.82) is 0 Å². The third kappa shape index (κ3) is 6.17. The molecule has 2 aliphatic rings. The van der Waals surface area contributed by atoms with Gasteiger partial charge in [0.05, 0.1) is 12.1 Å². The molecule has 3 rings (SSSR count). The average Bonchev–Trinajstić information content (AvgIpc) is 2.79. The van der Waals surface area contributed by atoms with Crippen LogP contribution in [0.4, 0.5) is 0 Å². The van der Waals surface area contributed by atoms with Crippen LogP contribution in [0.15, 0.2) is 18.2 Å². The van der Waals surface area contributed by atoms with Crippen molar-refractivity contribution >= 4 is 5.91 Å². The van der Waals surface area contributed by atoms with Gasteiger partial charge in [-0.05, 0) is 49.9 Å². The van der Waals surface area contributed by atoms with Gasteiger partial charge in [-0.2, -0.15) is 0 Å². The van der Waals surface area contributed by atoms with Crippen LogP contribution in [0.5, 0.6) is 5.75 Å². The summed E-state index contributed by atoms with van der Waals surface area (Å²) in [6.07, 6.45) is 4.87. The number of aliphatic hydroxyl groups is 2. The summed E-state index contributed by atoms with van der Waals surface area (Å²) in [5, 5.41) is 22.4. The summed E-state index contributed by atoms with van der Waals surface area (Å²) < 4.78 is 5.98. The molecule has 6 heteroatoms. The first-order valence-corrected chi connectivity index (χ1v) is 10.8. The summed E-state index contributed by atoms with van der Waals surface area (Å²) in [4.78, 5) is 15.9. The largest absolute Gasteiger partial charge is 0.490 e. The molecule has 6 nitrogen and oxygen atoms in total. The molecular weight excluding hydrogens is 368 g/mol. The topological polar surface area (TPSA) is 73.2 Å². The minimum atomic E-state index is -1.19. The van der Waals surface area contributed by atoms with Crippen LogP contribution in [0.3, 0.4) is 0 Å². The Morgan fingerprint density at radius 1 is 1.00 bits per heavy atom. The number of aryl methyl sites for hydroxylation is 2. The first-order valence-electron chi connectivity index (χ1n) is 10.8. The van der Waals surface area contributed by atoms with Gasteiger partial charge in [0, 0.05) is 33.1 Å².